The molecule has 4 heterocycles. The van der Waals surface area contributed by atoms with Crippen molar-refractivity contribution in [3.8, 4) is 0 Å². The number of amides is 4. The van der Waals surface area contributed by atoms with Gasteiger partial charge in [-0.1, -0.05) is 0 Å². The van der Waals surface area contributed by atoms with E-state index in [4.69, 9.17) is 6.33 Å². The van der Waals surface area contributed by atoms with Crippen LogP contribution in [0.25, 0.3) is 0 Å². The van der Waals surface area contributed by atoms with Crippen molar-refractivity contribution in [1.29, 1.82) is 0 Å². The molecule has 0 unspecified atom stereocenters. The maximum Gasteiger partial charge on any atom is -0.412 e. The van der Waals surface area contributed by atoms with Gasteiger partial charge >= 0.3 is 208 Å². The number of imide groups is 2. The monoisotopic (exact) mass is 686 g/mol. The zero-order chi connectivity index (χ0) is 23.1. The fourth-order valence-corrected chi connectivity index (χ4v) is 6.02. The smallest absolute Gasteiger partial charge is 0.412 e. The molecular formula is C20H24I2N4O7. The molecule has 0 saturated carbocycles. The third-order valence-electron chi connectivity index (χ3n) is 4.36. The number of aromatic nitrogens is 2. The maximum absolute atomic E-state index is 11.3. The van der Waals surface area contributed by atoms with E-state index in [1.165, 1.54) is 6.23 Å². The van der Waals surface area contributed by atoms with Crippen LogP contribution in [0.1, 0.15) is 37.1 Å². The van der Waals surface area contributed by atoms with Crippen molar-refractivity contribution in [3.63, 3.8) is 0 Å². The van der Waals surface area contributed by atoms with Crippen molar-refractivity contribution in [2.75, 3.05) is 0 Å². The van der Waals surface area contributed by atoms with E-state index in [1.807, 2.05) is 50.2 Å². The van der Waals surface area contributed by atoms with Gasteiger partial charge in [0.05, 0.1) is 0 Å². The van der Waals surface area contributed by atoms with E-state index >= 15 is 0 Å². The van der Waals surface area contributed by atoms with Crippen LogP contribution in [-0.2, 0) is 19.2 Å². The zero-order valence-corrected chi connectivity index (χ0v) is 22.3. The summed E-state index contributed by atoms with van der Waals surface area (Å²) in [5.74, 6) is -0.474. The molecule has 11 nitrogen and oxygen atoms in total. The third kappa shape index (κ3) is 7.29. The van der Waals surface area contributed by atoms with Crippen molar-refractivity contribution >= 4 is 23.6 Å². The standard InChI is InChI=1S/2C10H11IN2O3.H2O/c2*1-8-4-2-3-7-12(8)16-11-13-9(14)5-6-10(13)15;/h2*2-4,7H,5-6H2,1H3;1H2. The Morgan fingerprint density at radius 2 is 1.00 bits per heavy atom. The predicted molar refractivity (Wildman–Crippen MR) is 102 cm³/mol. The average Bonchev–Trinajstić information content (AvgIpc) is 3.28. The van der Waals surface area contributed by atoms with E-state index in [0.29, 0.717) is 25.7 Å². The molecule has 180 valence electrons. The van der Waals surface area contributed by atoms with Gasteiger partial charge in [-0.05, 0) is 0 Å². The van der Waals surface area contributed by atoms with Gasteiger partial charge in [-0.15, -0.1) is 0 Å². The Bertz CT molecular complexity index is 923. The van der Waals surface area contributed by atoms with Gasteiger partial charge in [0.25, 0.3) is 0 Å². The second-order valence-corrected chi connectivity index (χ2v) is 10.3. The number of pyridine rings is 2. The van der Waals surface area contributed by atoms with Gasteiger partial charge in [0.2, 0.25) is 0 Å². The first-order chi connectivity index (χ1) is 15.4. The molecule has 0 aliphatic carbocycles. The Morgan fingerprint density at radius 3 is 1.30 bits per heavy atom. The van der Waals surface area contributed by atoms with Crippen LogP contribution in [0.2, 0.25) is 0 Å². The van der Waals surface area contributed by atoms with Gasteiger partial charge in [-0.3, -0.25) is 0 Å². The quantitative estimate of drug-likeness (QED) is 0.129. The molecule has 2 aromatic rings. The van der Waals surface area contributed by atoms with Crippen molar-refractivity contribution in [2.24, 2.45) is 0 Å². The van der Waals surface area contributed by atoms with Crippen molar-refractivity contribution in [3.05, 3.63) is 60.2 Å². The van der Waals surface area contributed by atoms with Gasteiger partial charge in [0.15, 0.2) is 0 Å². The van der Waals surface area contributed by atoms with Gasteiger partial charge in [0.1, 0.15) is 0 Å². The van der Waals surface area contributed by atoms with Gasteiger partial charge in [-0.25, -0.2) is 0 Å². The Kier molecular flexibility index (Phi) is 10.4. The second kappa shape index (κ2) is 12.7. The molecule has 0 bridgehead atoms. The second-order valence-electron chi connectivity index (χ2n) is 6.75. The predicted octanol–water partition coefficient (Wildman–Crippen LogP) is -7.27. The first kappa shape index (κ1) is 26.8. The van der Waals surface area contributed by atoms with Gasteiger partial charge in [-0.2, -0.15) is 0 Å². The minimum Gasteiger partial charge on any atom is -0.412 e. The molecule has 2 aliphatic heterocycles. The van der Waals surface area contributed by atoms with E-state index in [0.717, 1.165) is 11.4 Å². The van der Waals surface area contributed by atoms with Crippen LogP contribution < -0.4 is 59.6 Å². The van der Waals surface area contributed by atoms with E-state index in [9.17, 15) is 19.2 Å². The minimum atomic E-state index is -1.06. The summed E-state index contributed by atoms with van der Waals surface area (Å²) in [7, 11) is 0. The van der Waals surface area contributed by atoms with E-state index < -0.39 is 43.8 Å². The molecule has 4 amide bonds. The fraction of sp³-hybridized carbons (Fsp3) is 0.300. The van der Waals surface area contributed by atoms with Crippen LogP contribution in [0, 0.1) is 13.8 Å². The summed E-state index contributed by atoms with van der Waals surface area (Å²) in [6.45, 7) is 3.80. The number of carbonyl (C=O) groups excluding carboxylic acids is 4. The largest absolute Gasteiger partial charge is 0.412 e. The Hall–Kier alpha value is -2.40. The summed E-state index contributed by atoms with van der Waals surface area (Å²) in [4.78, 5) is 45.3. The molecule has 0 atom stereocenters. The average molecular weight is 686 g/mol. The number of hydrogen-bond donors (Lipinski definition) is 0. The molecule has 0 radical (unpaired) electrons. The third-order valence-corrected chi connectivity index (χ3v) is 8.51. The summed E-state index contributed by atoms with van der Waals surface area (Å²) in [5.41, 5.74) is 1.86. The van der Waals surface area contributed by atoms with Crippen molar-refractivity contribution < 1.29 is 84.2 Å². The number of nitrogens with zero attached hydrogens (tertiary/aromatic N) is 4. The first-order valence-electron chi connectivity index (χ1n) is 9.68. The van der Waals surface area contributed by atoms with Crippen LogP contribution in [-0.4, -0.2) is 35.3 Å². The normalized spacial score (nSPS) is 15.5. The van der Waals surface area contributed by atoms with Crippen LogP contribution in [0.15, 0.2) is 48.8 Å². The Labute approximate surface area is 212 Å². The van der Waals surface area contributed by atoms with Gasteiger partial charge < -0.3 is 5.48 Å². The minimum absolute atomic E-state index is 0. The fourth-order valence-electron chi connectivity index (χ4n) is 2.56. The van der Waals surface area contributed by atoms with Crippen molar-refractivity contribution in [2.45, 2.75) is 39.5 Å². The molecule has 2 saturated heterocycles. The molecule has 2 aromatic heterocycles. The first-order valence-corrected chi connectivity index (χ1v) is 13.4. The van der Waals surface area contributed by atoms with E-state index in [1.54, 1.807) is 21.9 Å². The number of hydrogen-bond acceptors (Lipinski definition) is 6. The number of halogens is 2. The van der Waals surface area contributed by atoms with Crippen LogP contribution in [0.5, 0.6) is 0 Å². The SMILES string of the molecule is Cc1cccc[n+]1O[I-]N1C(=O)CCC1=O.Cc1cccc[n+]1O[I-]N1C(=O)CCC1=O.O. The molecule has 0 spiro atoms. The summed E-state index contributed by atoms with van der Waals surface area (Å²) >= 11 is -2.11. The Morgan fingerprint density at radius 1 is 0.667 bits per heavy atom. The van der Waals surface area contributed by atoms with Crippen molar-refractivity contribution in [1.82, 2.24) is 6.23 Å². The summed E-state index contributed by atoms with van der Waals surface area (Å²) < 4.78 is 16.6. The van der Waals surface area contributed by atoms with Crippen LogP contribution in [0.4, 0.5) is 0 Å². The number of aryl methyl sites for hydroxylation is 2. The summed E-state index contributed by atoms with van der Waals surface area (Å²) in [6, 6.07) is 11.3. The molecule has 2 fully saturated rings. The molecule has 0 aromatic carbocycles. The molecule has 2 N–H and O–H groups in total. The maximum atomic E-state index is 11.3. The summed E-state index contributed by atoms with van der Waals surface area (Å²) in [6.07, 6.45) is 4.81. The van der Waals surface area contributed by atoms with Gasteiger partial charge in [0, 0.05) is 0 Å². The Balaban J connectivity index is 0.000000227. The molecular weight excluding hydrogens is 662 g/mol. The summed E-state index contributed by atoms with van der Waals surface area (Å²) in [5, 5.41) is 0. The molecule has 2 aliphatic rings. The molecule has 4 rings (SSSR count). The van der Waals surface area contributed by atoms with Crippen LogP contribution in [0.3, 0.4) is 0 Å². The number of rotatable bonds is 6. The topological polar surface area (TPSA) is 132 Å². The van der Waals surface area contributed by atoms with Crippen LogP contribution >= 0.6 is 0 Å². The zero-order valence-electron chi connectivity index (χ0n) is 17.9. The van der Waals surface area contributed by atoms with E-state index in [-0.39, 0.29) is 29.1 Å². The molecule has 13 heteroatoms. The molecule has 33 heavy (non-hydrogen) atoms. The number of carbonyl (C=O) groups is 4. The van der Waals surface area contributed by atoms with E-state index in [2.05, 4.69) is 0 Å².